The minimum atomic E-state index is -3.10. The molecule has 0 saturated carbocycles. The molecule has 12 heteroatoms. The quantitative estimate of drug-likeness (QED) is 0.284. The molecular weight excluding hydrogens is 365 g/mol. The van der Waals surface area contributed by atoms with E-state index in [2.05, 4.69) is 47.4 Å². The zero-order valence-corrected chi connectivity index (χ0v) is 15.8. The third-order valence-corrected chi connectivity index (χ3v) is 2.93. The SMILES string of the molecule is CCNCC.CCNCC.O=[P+](O)OC(Cl)(Cl)O[P+](=O)O. The Hall–Kier alpha value is 0.540. The molecule has 0 aromatic carbocycles. The molecule has 21 heavy (non-hydrogen) atoms. The summed E-state index contributed by atoms with van der Waals surface area (Å²) in [6.45, 7) is 12.8. The molecule has 0 heterocycles. The van der Waals surface area contributed by atoms with Crippen LogP contribution in [0.25, 0.3) is 0 Å². The fourth-order valence-electron chi connectivity index (χ4n) is 0.698. The highest BCUT2D eigenvalue weighted by Gasteiger charge is 2.46. The van der Waals surface area contributed by atoms with E-state index in [0.29, 0.717) is 0 Å². The van der Waals surface area contributed by atoms with Gasteiger partial charge in [0.1, 0.15) is 0 Å². The normalized spacial score (nSPS) is 11.6. The van der Waals surface area contributed by atoms with Crippen LogP contribution >= 0.6 is 39.7 Å². The van der Waals surface area contributed by atoms with Crippen LogP contribution in [0.15, 0.2) is 0 Å². The summed E-state index contributed by atoms with van der Waals surface area (Å²) in [6.07, 6.45) is 0. The van der Waals surface area contributed by atoms with E-state index in [1.807, 2.05) is 0 Å². The van der Waals surface area contributed by atoms with Crippen LogP contribution < -0.4 is 10.6 Å². The lowest BCUT2D eigenvalue weighted by atomic mass is 10.7. The van der Waals surface area contributed by atoms with Crippen molar-refractivity contribution in [3.05, 3.63) is 0 Å². The maximum absolute atomic E-state index is 9.90. The van der Waals surface area contributed by atoms with Crippen molar-refractivity contribution < 1.29 is 28.0 Å². The Morgan fingerprint density at radius 3 is 1.19 bits per heavy atom. The number of nitrogens with one attached hydrogen (secondary N) is 2. The van der Waals surface area contributed by atoms with Gasteiger partial charge in [-0.1, -0.05) is 27.7 Å². The fraction of sp³-hybridized carbons (Fsp3) is 1.00. The summed E-state index contributed by atoms with van der Waals surface area (Å²) in [4.78, 5) is 16.1. The molecule has 0 amide bonds. The largest absolute Gasteiger partial charge is 0.700 e. The van der Waals surface area contributed by atoms with Crippen LogP contribution in [0.2, 0.25) is 0 Å². The van der Waals surface area contributed by atoms with Gasteiger partial charge in [-0.05, 0) is 58.4 Å². The summed E-state index contributed by atoms with van der Waals surface area (Å²) >= 11 is 9.92. The van der Waals surface area contributed by atoms with Gasteiger partial charge in [-0.3, -0.25) is 0 Å². The molecule has 0 saturated heterocycles. The van der Waals surface area contributed by atoms with Crippen molar-refractivity contribution in [2.24, 2.45) is 0 Å². The summed E-state index contributed by atoms with van der Waals surface area (Å²) in [7, 11) is -6.20. The Labute approximate surface area is 137 Å². The summed E-state index contributed by atoms with van der Waals surface area (Å²) in [5.74, 6) is 0. The molecule has 8 nitrogen and oxygen atoms in total. The van der Waals surface area contributed by atoms with Crippen molar-refractivity contribution >= 4 is 39.7 Å². The summed E-state index contributed by atoms with van der Waals surface area (Å²) in [6, 6.07) is 0. The highest BCUT2D eigenvalue weighted by Crippen LogP contribution is 2.40. The predicted molar refractivity (Wildman–Crippen MR) is 84.7 cm³/mol. The van der Waals surface area contributed by atoms with Gasteiger partial charge in [0.15, 0.2) is 0 Å². The molecule has 0 aliphatic rings. The fourth-order valence-corrected chi connectivity index (χ4v) is 1.90. The Morgan fingerprint density at radius 2 is 1.10 bits per heavy atom. The molecule has 0 rings (SSSR count). The first-order chi connectivity index (χ1) is 9.66. The standard InChI is InChI=1S/2C4H11N.CCl2O6P2/c2*1-3-5-4-2;2-1(3,8-10(4)5)9-11(6)7/h2*5H,3-4H2,1-2H3;/p+2. The van der Waals surface area contributed by atoms with E-state index in [-0.39, 0.29) is 0 Å². The van der Waals surface area contributed by atoms with E-state index in [0.717, 1.165) is 26.2 Å². The maximum Gasteiger partial charge on any atom is 0.700 e. The third-order valence-electron chi connectivity index (χ3n) is 1.37. The van der Waals surface area contributed by atoms with Crippen molar-refractivity contribution in [3.8, 4) is 0 Å². The highest BCUT2D eigenvalue weighted by atomic mass is 35.5. The van der Waals surface area contributed by atoms with Crippen LogP contribution in [0.1, 0.15) is 27.7 Å². The lowest BCUT2D eigenvalue weighted by Gasteiger charge is -1.99. The number of rotatable bonds is 8. The van der Waals surface area contributed by atoms with Crippen LogP contribution in [-0.2, 0) is 18.2 Å². The van der Waals surface area contributed by atoms with Crippen molar-refractivity contribution in [2.75, 3.05) is 26.2 Å². The molecule has 0 bridgehead atoms. The topological polar surface area (TPSA) is 117 Å². The zero-order chi connectivity index (χ0) is 17.3. The van der Waals surface area contributed by atoms with E-state index < -0.39 is 21.2 Å². The number of hydrogen-bond acceptors (Lipinski definition) is 6. The molecule has 0 spiro atoms. The zero-order valence-electron chi connectivity index (χ0n) is 12.5. The van der Waals surface area contributed by atoms with Gasteiger partial charge in [-0.15, -0.1) is 9.79 Å². The van der Waals surface area contributed by atoms with Crippen molar-refractivity contribution in [1.29, 1.82) is 0 Å². The average molecular weight is 389 g/mol. The smallest absolute Gasteiger partial charge is 0.317 e. The molecule has 0 aliphatic carbocycles. The number of halogens is 2. The first-order valence-corrected chi connectivity index (χ1v) is 9.18. The molecule has 0 radical (unpaired) electrons. The van der Waals surface area contributed by atoms with Gasteiger partial charge in [0.2, 0.25) is 0 Å². The Bertz CT molecular complexity index is 247. The molecule has 0 aromatic rings. The van der Waals surface area contributed by atoms with Crippen molar-refractivity contribution in [1.82, 2.24) is 10.6 Å². The van der Waals surface area contributed by atoms with Crippen LogP contribution in [-0.4, -0.2) is 40.7 Å². The van der Waals surface area contributed by atoms with Crippen LogP contribution in [0.4, 0.5) is 0 Å². The predicted octanol–water partition coefficient (Wildman–Crippen LogP) is 2.64. The van der Waals surface area contributed by atoms with E-state index in [4.69, 9.17) is 33.0 Å². The van der Waals surface area contributed by atoms with Gasteiger partial charge in [0, 0.05) is 9.13 Å². The van der Waals surface area contributed by atoms with E-state index in [9.17, 15) is 9.13 Å². The number of alkyl halides is 2. The molecule has 4 N–H and O–H groups in total. The third kappa shape index (κ3) is 33.4. The molecule has 128 valence electrons. The Balaban J connectivity index is -0.000000270. The van der Waals surface area contributed by atoms with Crippen molar-refractivity contribution in [3.63, 3.8) is 0 Å². The maximum atomic E-state index is 9.90. The second-order valence-electron chi connectivity index (χ2n) is 3.04. The Morgan fingerprint density at radius 1 is 0.857 bits per heavy atom. The number of hydrogen-bond donors (Lipinski definition) is 4. The van der Waals surface area contributed by atoms with Gasteiger partial charge in [0.05, 0.1) is 0 Å². The second kappa shape index (κ2) is 18.6. The average Bonchev–Trinajstić information content (AvgIpc) is 2.28. The van der Waals surface area contributed by atoms with Crippen LogP contribution in [0.3, 0.4) is 0 Å². The Kier molecular flexibility index (Phi) is 23.4. The van der Waals surface area contributed by atoms with Gasteiger partial charge in [-0.25, -0.2) is 0 Å². The molecule has 2 unspecified atom stereocenters. The summed E-state index contributed by atoms with van der Waals surface area (Å²) in [5.41, 5.74) is 0. The molecular formula is C9H24Cl2N2O6P2+2. The first-order valence-electron chi connectivity index (χ1n) is 6.16. The van der Waals surface area contributed by atoms with E-state index in [1.165, 1.54) is 0 Å². The van der Waals surface area contributed by atoms with Crippen molar-refractivity contribution in [2.45, 2.75) is 32.4 Å². The van der Waals surface area contributed by atoms with E-state index in [1.54, 1.807) is 0 Å². The molecule has 0 aliphatic heterocycles. The minimum Gasteiger partial charge on any atom is -0.317 e. The van der Waals surface area contributed by atoms with Gasteiger partial charge >= 0.3 is 21.2 Å². The lowest BCUT2D eigenvalue weighted by Crippen LogP contribution is -2.14. The van der Waals surface area contributed by atoms with Gasteiger partial charge < -0.3 is 10.6 Å². The van der Waals surface area contributed by atoms with E-state index >= 15 is 0 Å². The monoisotopic (exact) mass is 388 g/mol. The second-order valence-corrected chi connectivity index (χ2v) is 5.54. The summed E-state index contributed by atoms with van der Waals surface area (Å²) < 4.78 is 24.8. The molecule has 0 aromatic heterocycles. The van der Waals surface area contributed by atoms with Crippen LogP contribution in [0.5, 0.6) is 0 Å². The molecule has 0 fully saturated rings. The summed E-state index contributed by atoms with van der Waals surface area (Å²) in [5, 5.41) is 6.22. The van der Waals surface area contributed by atoms with Gasteiger partial charge in [0.25, 0.3) is 0 Å². The minimum absolute atomic E-state index is 1.09. The molecule has 2 atom stereocenters. The lowest BCUT2D eigenvalue weighted by molar-refractivity contribution is 0.0328. The first kappa shape index (κ1) is 26.4. The highest BCUT2D eigenvalue weighted by molar-refractivity contribution is 7.33. The van der Waals surface area contributed by atoms with Gasteiger partial charge in [-0.2, -0.15) is 0 Å². The van der Waals surface area contributed by atoms with Crippen LogP contribution in [0, 0.1) is 0 Å².